The summed E-state index contributed by atoms with van der Waals surface area (Å²) in [4.78, 5) is 39.7. The van der Waals surface area contributed by atoms with Gasteiger partial charge in [0.15, 0.2) is 12.4 Å². The van der Waals surface area contributed by atoms with E-state index in [9.17, 15) is 19.5 Å². The minimum Gasteiger partial charge on any atom is -0.454 e. The molecule has 1 saturated heterocycles. The number of hydrogen-bond acceptors (Lipinski definition) is 6. The van der Waals surface area contributed by atoms with Crippen LogP contribution in [0.2, 0.25) is 10.0 Å². The highest BCUT2D eigenvalue weighted by Gasteiger charge is 2.46. The molecular formula is C25H22Cl2FN3O6. The quantitative estimate of drug-likeness (QED) is 0.449. The second-order valence-corrected chi connectivity index (χ2v) is 9.59. The number of para-hydroxylation sites is 2. The van der Waals surface area contributed by atoms with Crippen molar-refractivity contribution in [3.8, 4) is 11.5 Å². The monoisotopic (exact) mass is 549 g/mol. The number of aliphatic hydroxyl groups is 1. The fraction of sp³-hybridized carbons (Fsp3) is 0.320. The third-order valence-electron chi connectivity index (χ3n) is 6.55. The van der Waals surface area contributed by atoms with Gasteiger partial charge in [0.25, 0.3) is 5.56 Å². The van der Waals surface area contributed by atoms with E-state index >= 15 is 4.39 Å². The van der Waals surface area contributed by atoms with Crippen LogP contribution in [-0.2, 0) is 16.0 Å². The van der Waals surface area contributed by atoms with E-state index in [1.807, 2.05) is 0 Å². The molecule has 4 atom stereocenters. The van der Waals surface area contributed by atoms with Crippen molar-refractivity contribution in [2.75, 3.05) is 6.54 Å². The van der Waals surface area contributed by atoms with Crippen molar-refractivity contribution in [1.29, 1.82) is 0 Å². The average Bonchev–Trinajstić information content (AvgIpc) is 3.15. The summed E-state index contributed by atoms with van der Waals surface area (Å²) in [6.45, 7) is 1.46. The summed E-state index contributed by atoms with van der Waals surface area (Å²) in [6, 6.07) is 10.0. The molecule has 1 amide bonds. The minimum atomic E-state index is -1.97. The van der Waals surface area contributed by atoms with Crippen LogP contribution in [0.15, 0.2) is 52.2 Å². The lowest BCUT2D eigenvalue weighted by molar-refractivity contribution is -0.123. The molecule has 2 aromatic carbocycles. The van der Waals surface area contributed by atoms with Crippen LogP contribution in [0.3, 0.4) is 0 Å². The summed E-state index contributed by atoms with van der Waals surface area (Å²) in [6.07, 6.45) is -4.72. The highest BCUT2D eigenvalue weighted by molar-refractivity contribution is 6.33. The Hall–Kier alpha value is -3.18. The number of aliphatic hydroxyl groups excluding tert-OH is 1. The van der Waals surface area contributed by atoms with Gasteiger partial charge >= 0.3 is 5.69 Å². The molecule has 194 valence electrons. The van der Waals surface area contributed by atoms with E-state index in [4.69, 9.17) is 32.7 Å². The zero-order valence-electron chi connectivity index (χ0n) is 19.4. The molecule has 3 aromatic rings. The van der Waals surface area contributed by atoms with E-state index in [0.29, 0.717) is 39.1 Å². The SMILES string of the molecule is CCc1cn([C@@H]2O[C@H](CNC(=O)C3c4cccc(Cl)c4Oc4c(Cl)cccc43)[C@@H](O)[C@@H]2F)c(=O)[nH]c1=O. The molecule has 1 fully saturated rings. The Kier molecular flexibility index (Phi) is 6.84. The number of carbonyl (C=O) groups excluding carboxylic acids is 1. The number of carbonyl (C=O) groups is 1. The Morgan fingerprint density at radius 3 is 2.35 bits per heavy atom. The first kappa shape index (κ1) is 25.5. The van der Waals surface area contributed by atoms with Crippen LogP contribution in [0.5, 0.6) is 11.5 Å². The largest absolute Gasteiger partial charge is 0.454 e. The molecule has 0 radical (unpaired) electrons. The number of alkyl halides is 1. The maximum Gasteiger partial charge on any atom is 0.330 e. The second kappa shape index (κ2) is 9.94. The van der Waals surface area contributed by atoms with Crippen molar-refractivity contribution < 1.29 is 23.8 Å². The first-order chi connectivity index (χ1) is 17.7. The Morgan fingerprint density at radius 1 is 1.14 bits per heavy atom. The molecule has 0 saturated carbocycles. The van der Waals surface area contributed by atoms with Gasteiger partial charge in [-0.1, -0.05) is 54.4 Å². The van der Waals surface area contributed by atoms with E-state index in [-0.39, 0.29) is 12.1 Å². The molecule has 0 bridgehead atoms. The number of hydrogen-bond donors (Lipinski definition) is 3. The lowest BCUT2D eigenvalue weighted by atomic mass is 9.87. The van der Waals surface area contributed by atoms with Gasteiger partial charge in [0.1, 0.15) is 23.7 Å². The van der Waals surface area contributed by atoms with Crippen molar-refractivity contribution in [3.05, 3.63) is 90.2 Å². The highest BCUT2D eigenvalue weighted by atomic mass is 35.5. The number of aromatic nitrogens is 2. The third-order valence-corrected chi connectivity index (χ3v) is 7.15. The second-order valence-electron chi connectivity index (χ2n) is 8.77. The number of rotatable bonds is 5. The maximum atomic E-state index is 15.0. The van der Waals surface area contributed by atoms with Crippen LogP contribution in [0.4, 0.5) is 4.39 Å². The summed E-state index contributed by atoms with van der Waals surface area (Å²) in [5, 5.41) is 13.8. The summed E-state index contributed by atoms with van der Waals surface area (Å²) in [7, 11) is 0. The standard InChI is InChI=1S/C25H22Cl2FN3O6/c1-2-11-10-31(25(35)30-22(11)33)24-18(28)19(32)16(36-24)9-29-23(34)17-12-5-3-7-14(26)20(12)37-21-13(17)6-4-8-15(21)27/h3-8,10,16-19,24,32H,2,9H2,1H3,(H,29,34)(H,30,33,35)/t16-,18+,19-,24-/m1/s1. The molecular weight excluding hydrogens is 528 g/mol. The first-order valence-corrected chi connectivity index (χ1v) is 12.3. The maximum absolute atomic E-state index is 15.0. The number of aryl methyl sites for hydroxylation is 1. The Morgan fingerprint density at radius 2 is 1.76 bits per heavy atom. The van der Waals surface area contributed by atoms with Crippen molar-refractivity contribution in [2.45, 2.75) is 43.9 Å². The molecule has 12 heteroatoms. The van der Waals surface area contributed by atoms with Crippen LogP contribution < -0.4 is 21.3 Å². The van der Waals surface area contributed by atoms with E-state index in [2.05, 4.69) is 10.3 Å². The van der Waals surface area contributed by atoms with Crippen molar-refractivity contribution >= 4 is 29.1 Å². The van der Waals surface area contributed by atoms with Gasteiger partial charge in [0.2, 0.25) is 5.91 Å². The topological polar surface area (TPSA) is 123 Å². The molecule has 0 unspecified atom stereocenters. The van der Waals surface area contributed by atoms with Crippen molar-refractivity contribution in [3.63, 3.8) is 0 Å². The number of halogens is 3. The fourth-order valence-electron chi connectivity index (χ4n) is 4.64. The Bertz CT molecular complexity index is 1440. The number of aromatic amines is 1. The van der Waals surface area contributed by atoms with E-state index in [1.54, 1.807) is 43.3 Å². The van der Waals surface area contributed by atoms with E-state index in [1.165, 1.54) is 6.20 Å². The van der Waals surface area contributed by atoms with Gasteiger partial charge in [0, 0.05) is 29.4 Å². The Balaban J connectivity index is 1.39. The average molecular weight is 550 g/mol. The molecule has 0 aliphatic carbocycles. The molecule has 3 heterocycles. The molecule has 1 aromatic heterocycles. The zero-order chi connectivity index (χ0) is 26.4. The van der Waals surface area contributed by atoms with Crippen LogP contribution in [0.1, 0.15) is 35.8 Å². The van der Waals surface area contributed by atoms with E-state index in [0.717, 1.165) is 4.57 Å². The summed E-state index contributed by atoms with van der Waals surface area (Å²) >= 11 is 12.6. The van der Waals surface area contributed by atoms with Gasteiger partial charge in [-0.25, -0.2) is 9.18 Å². The van der Waals surface area contributed by atoms with Crippen molar-refractivity contribution in [1.82, 2.24) is 14.9 Å². The van der Waals surface area contributed by atoms with Crippen LogP contribution in [0, 0.1) is 0 Å². The lowest BCUT2D eigenvalue weighted by Gasteiger charge is -2.29. The zero-order valence-corrected chi connectivity index (χ0v) is 20.9. The minimum absolute atomic E-state index is 0.251. The number of ether oxygens (including phenoxy) is 2. The number of H-pyrrole nitrogens is 1. The molecule has 37 heavy (non-hydrogen) atoms. The van der Waals surface area contributed by atoms with Crippen LogP contribution >= 0.6 is 23.2 Å². The van der Waals surface area contributed by atoms with Gasteiger partial charge in [-0.3, -0.25) is 19.1 Å². The Labute approximate surface area is 219 Å². The number of benzene rings is 2. The fourth-order valence-corrected chi connectivity index (χ4v) is 5.08. The predicted octanol–water partition coefficient (Wildman–Crippen LogP) is 3.06. The summed E-state index contributed by atoms with van der Waals surface area (Å²) < 4.78 is 27.5. The van der Waals surface area contributed by atoms with Gasteiger partial charge in [-0.15, -0.1) is 0 Å². The lowest BCUT2D eigenvalue weighted by Crippen LogP contribution is -2.41. The smallest absolute Gasteiger partial charge is 0.330 e. The molecule has 9 nitrogen and oxygen atoms in total. The van der Waals surface area contributed by atoms with E-state index < -0.39 is 47.7 Å². The van der Waals surface area contributed by atoms with Crippen LogP contribution in [0.25, 0.3) is 0 Å². The summed E-state index contributed by atoms with van der Waals surface area (Å²) in [5.41, 5.74) is -0.146. The third kappa shape index (κ3) is 4.44. The molecule has 2 aliphatic heterocycles. The molecule has 3 N–H and O–H groups in total. The first-order valence-electron chi connectivity index (χ1n) is 11.6. The van der Waals surface area contributed by atoms with Gasteiger partial charge in [0.05, 0.1) is 16.0 Å². The molecule has 5 rings (SSSR count). The highest BCUT2D eigenvalue weighted by Crippen LogP contribution is 2.49. The number of nitrogens with one attached hydrogen (secondary N) is 2. The number of nitrogens with zero attached hydrogens (tertiary/aromatic N) is 1. The van der Waals surface area contributed by atoms with Gasteiger partial charge < -0.3 is 19.9 Å². The summed E-state index contributed by atoms with van der Waals surface area (Å²) in [5.74, 6) is -0.717. The normalized spacial score (nSPS) is 22.7. The van der Waals surface area contributed by atoms with Crippen molar-refractivity contribution in [2.24, 2.45) is 0 Å². The number of fused-ring (bicyclic) bond motifs is 2. The van der Waals surface area contributed by atoms with Gasteiger partial charge in [-0.05, 0) is 18.6 Å². The van der Waals surface area contributed by atoms with Crippen LogP contribution in [-0.4, -0.2) is 45.5 Å². The molecule has 0 spiro atoms. The predicted molar refractivity (Wildman–Crippen MR) is 133 cm³/mol. The molecule has 2 aliphatic rings. The number of amides is 1. The van der Waals surface area contributed by atoms with Gasteiger partial charge in [-0.2, -0.15) is 0 Å².